The average Bonchev–Trinajstić information content (AvgIpc) is 3.16. The van der Waals surface area contributed by atoms with E-state index in [0.717, 1.165) is 6.42 Å². The van der Waals surface area contributed by atoms with Crippen LogP contribution in [0.3, 0.4) is 0 Å². The van der Waals surface area contributed by atoms with E-state index < -0.39 is 5.82 Å². The van der Waals surface area contributed by atoms with E-state index in [-0.39, 0.29) is 5.75 Å². The molecule has 7 heteroatoms. The molecule has 1 aromatic carbocycles. The lowest BCUT2D eigenvalue weighted by Crippen LogP contribution is -2.33. The Balaban J connectivity index is 1.52. The van der Waals surface area contributed by atoms with Crippen molar-refractivity contribution < 1.29 is 9.13 Å². The predicted molar refractivity (Wildman–Crippen MR) is 102 cm³/mol. The molecule has 0 fully saturated rings. The molecule has 0 spiro atoms. The molecular weight excluding hydrogens is 351 g/mol. The molecular formula is C19H19FN4OS. The van der Waals surface area contributed by atoms with Gasteiger partial charge in [-0.2, -0.15) is 0 Å². The molecule has 0 aliphatic heterocycles. The van der Waals surface area contributed by atoms with Gasteiger partial charge in [-0.25, -0.2) is 9.38 Å². The second kappa shape index (κ2) is 8.96. The van der Waals surface area contributed by atoms with Crippen LogP contribution in [0.4, 0.5) is 4.39 Å². The van der Waals surface area contributed by atoms with Crippen LogP contribution in [0.5, 0.6) is 11.5 Å². The second-order valence-electron chi connectivity index (χ2n) is 5.51. The highest BCUT2D eigenvalue weighted by Gasteiger charge is 2.06. The third kappa shape index (κ3) is 5.29. The number of aliphatic imine (C=N–C) groups is 1. The maximum absolute atomic E-state index is 14.2. The summed E-state index contributed by atoms with van der Waals surface area (Å²) < 4.78 is 19.6. The average molecular weight is 370 g/mol. The molecule has 5 nitrogen and oxygen atoms in total. The molecule has 26 heavy (non-hydrogen) atoms. The summed E-state index contributed by atoms with van der Waals surface area (Å²) in [5, 5.41) is 5.10. The number of hydrogen-bond acceptors (Lipinski definition) is 4. The van der Waals surface area contributed by atoms with Crippen LogP contribution in [-0.4, -0.2) is 17.5 Å². The Kier molecular flexibility index (Phi) is 6.16. The fourth-order valence-corrected chi connectivity index (χ4v) is 2.97. The summed E-state index contributed by atoms with van der Waals surface area (Å²) >= 11 is 1.71. The first-order valence-corrected chi connectivity index (χ1v) is 9.01. The molecule has 0 bridgehead atoms. The molecule has 3 aromatic rings. The van der Waals surface area contributed by atoms with E-state index in [4.69, 9.17) is 10.5 Å². The molecule has 2 aromatic heterocycles. The van der Waals surface area contributed by atoms with Gasteiger partial charge in [0.2, 0.25) is 0 Å². The van der Waals surface area contributed by atoms with Crippen molar-refractivity contribution in [2.45, 2.75) is 13.0 Å². The summed E-state index contributed by atoms with van der Waals surface area (Å²) in [6.07, 6.45) is 4.05. The fourth-order valence-electron chi connectivity index (χ4n) is 2.26. The molecule has 0 unspecified atom stereocenters. The van der Waals surface area contributed by atoms with Gasteiger partial charge in [0, 0.05) is 17.6 Å². The fraction of sp³-hybridized carbons (Fsp3) is 0.158. The first-order chi connectivity index (χ1) is 12.7. The first kappa shape index (κ1) is 17.9. The van der Waals surface area contributed by atoms with Crippen LogP contribution in [0.15, 0.2) is 65.2 Å². The van der Waals surface area contributed by atoms with Gasteiger partial charge in [0.1, 0.15) is 5.75 Å². The molecule has 3 N–H and O–H groups in total. The maximum Gasteiger partial charge on any atom is 0.188 e. The Bertz CT molecular complexity index is 853. The van der Waals surface area contributed by atoms with E-state index in [1.54, 1.807) is 41.8 Å². The van der Waals surface area contributed by atoms with E-state index >= 15 is 0 Å². The SMILES string of the molecule is NC(=NCc1ccc(Oc2cccnc2)c(F)c1)NCCc1cccs1. The zero-order valence-electron chi connectivity index (χ0n) is 14.1. The van der Waals surface area contributed by atoms with Gasteiger partial charge in [-0.15, -0.1) is 11.3 Å². The number of thiophene rings is 1. The van der Waals surface area contributed by atoms with Crippen LogP contribution in [0, 0.1) is 5.82 Å². The van der Waals surface area contributed by atoms with Crippen molar-refractivity contribution in [2.75, 3.05) is 6.54 Å². The number of benzene rings is 1. The number of ether oxygens (including phenoxy) is 1. The van der Waals surface area contributed by atoms with Crippen molar-refractivity contribution in [2.24, 2.45) is 10.7 Å². The highest BCUT2D eigenvalue weighted by atomic mass is 32.1. The normalized spacial score (nSPS) is 11.3. The maximum atomic E-state index is 14.2. The van der Waals surface area contributed by atoms with Crippen LogP contribution in [0.25, 0.3) is 0 Å². The van der Waals surface area contributed by atoms with Crippen molar-refractivity contribution in [3.8, 4) is 11.5 Å². The number of rotatable bonds is 7. The van der Waals surface area contributed by atoms with E-state index in [2.05, 4.69) is 21.4 Å². The van der Waals surface area contributed by atoms with Crippen molar-refractivity contribution in [3.05, 3.63) is 76.5 Å². The van der Waals surface area contributed by atoms with Crippen LogP contribution >= 0.6 is 11.3 Å². The number of nitrogens with zero attached hydrogens (tertiary/aromatic N) is 2. The number of pyridine rings is 1. The quantitative estimate of drug-likeness (QED) is 0.491. The molecule has 0 radical (unpaired) electrons. The largest absolute Gasteiger partial charge is 0.453 e. The first-order valence-electron chi connectivity index (χ1n) is 8.13. The van der Waals surface area contributed by atoms with Gasteiger partial charge < -0.3 is 15.8 Å². The lowest BCUT2D eigenvalue weighted by Gasteiger charge is -2.08. The van der Waals surface area contributed by atoms with Crippen LogP contribution in [0.1, 0.15) is 10.4 Å². The van der Waals surface area contributed by atoms with Gasteiger partial charge in [0.15, 0.2) is 17.5 Å². The molecule has 134 valence electrons. The van der Waals surface area contributed by atoms with E-state index in [1.807, 2.05) is 11.4 Å². The summed E-state index contributed by atoms with van der Waals surface area (Å²) in [5.74, 6) is 0.521. The van der Waals surface area contributed by atoms with Crippen molar-refractivity contribution in [3.63, 3.8) is 0 Å². The zero-order valence-corrected chi connectivity index (χ0v) is 14.9. The number of halogens is 1. The molecule has 0 saturated carbocycles. The zero-order chi connectivity index (χ0) is 18.2. The minimum Gasteiger partial charge on any atom is -0.453 e. The van der Waals surface area contributed by atoms with Gasteiger partial charge in [0.25, 0.3) is 0 Å². The topological polar surface area (TPSA) is 72.5 Å². The summed E-state index contributed by atoms with van der Waals surface area (Å²) in [5.41, 5.74) is 6.56. The molecule has 0 atom stereocenters. The summed E-state index contributed by atoms with van der Waals surface area (Å²) in [6, 6.07) is 12.3. The standard InChI is InChI=1S/C19H19FN4OS/c20-17-11-14(5-6-18(17)25-15-3-1-8-22-13-15)12-24-19(21)23-9-7-16-4-2-10-26-16/h1-6,8,10-11,13H,7,9,12H2,(H3,21,23,24). The lowest BCUT2D eigenvalue weighted by atomic mass is 10.2. The lowest BCUT2D eigenvalue weighted by molar-refractivity contribution is 0.440. The second-order valence-corrected chi connectivity index (χ2v) is 6.55. The molecule has 0 amide bonds. The smallest absolute Gasteiger partial charge is 0.188 e. The van der Waals surface area contributed by atoms with Gasteiger partial charge in [-0.3, -0.25) is 4.98 Å². The highest BCUT2D eigenvalue weighted by molar-refractivity contribution is 7.09. The van der Waals surface area contributed by atoms with E-state index in [9.17, 15) is 4.39 Å². The van der Waals surface area contributed by atoms with Crippen LogP contribution < -0.4 is 15.8 Å². The number of aromatic nitrogens is 1. The summed E-state index contributed by atoms with van der Waals surface area (Å²) in [7, 11) is 0. The Labute approximate surface area is 155 Å². The van der Waals surface area contributed by atoms with Crippen molar-refractivity contribution in [1.82, 2.24) is 10.3 Å². The summed E-state index contributed by atoms with van der Waals surface area (Å²) in [6.45, 7) is 1.00. The number of nitrogens with one attached hydrogen (secondary N) is 1. The van der Waals surface area contributed by atoms with E-state index in [0.29, 0.717) is 30.4 Å². The minimum atomic E-state index is -0.453. The summed E-state index contributed by atoms with van der Waals surface area (Å²) in [4.78, 5) is 9.46. The number of nitrogens with two attached hydrogens (primary N) is 1. The van der Waals surface area contributed by atoms with Gasteiger partial charge in [0.05, 0.1) is 12.7 Å². The Morgan fingerprint density at radius 3 is 2.92 bits per heavy atom. The Morgan fingerprint density at radius 2 is 2.19 bits per heavy atom. The van der Waals surface area contributed by atoms with Crippen molar-refractivity contribution in [1.29, 1.82) is 0 Å². The van der Waals surface area contributed by atoms with E-state index in [1.165, 1.54) is 17.1 Å². The Hall–Kier alpha value is -2.93. The van der Waals surface area contributed by atoms with Crippen LogP contribution in [-0.2, 0) is 13.0 Å². The predicted octanol–water partition coefficient (Wildman–Crippen LogP) is 3.72. The number of guanidine groups is 1. The van der Waals surface area contributed by atoms with Gasteiger partial charge >= 0.3 is 0 Å². The third-order valence-electron chi connectivity index (χ3n) is 3.55. The third-order valence-corrected chi connectivity index (χ3v) is 4.48. The Morgan fingerprint density at radius 1 is 1.27 bits per heavy atom. The number of hydrogen-bond donors (Lipinski definition) is 2. The highest BCUT2D eigenvalue weighted by Crippen LogP contribution is 2.24. The minimum absolute atomic E-state index is 0.146. The van der Waals surface area contributed by atoms with Crippen LogP contribution in [0.2, 0.25) is 0 Å². The molecule has 0 saturated heterocycles. The molecule has 0 aliphatic carbocycles. The molecule has 0 aliphatic rings. The molecule has 2 heterocycles. The van der Waals surface area contributed by atoms with Gasteiger partial charge in [-0.05, 0) is 47.7 Å². The monoisotopic (exact) mass is 370 g/mol. The van der Waals surface area contributed by atoms with Crippen molar-refractivity contribution >= 4 is 17.3 Å². The molecule has 3 rings (SSSR count). The van der Waals surface area contributed by atoms with Gasteiger partial charge in [-0.1, -0.05) is 12.1 Å².